The molecule has 2 aromatic carbocycles. The van der Waals surface area contributed by atoms with Crippen LogP contribution in [0.4, 0.5) is 4.39 Å². The quantitative estimate of drug-likeness (QED) is 0.798. The molecule has 144 valence electrons. The van der Waals surface area contributed by atoms with Crippen LogP contribution in [0, 0.1) is 11.7 Å². The highest BCUT2D eigenvalue weighted by Crippen LogP contribution is 2.35. The highest BCUT2D eigenvalue weighted by Gasteiger charge is 2.24. The van der Waals surface area contributed by atoms with Gasteiger partial charge in [-0.25, -0.2) is 17.9 Å². The van der Waals surface area contributed by atoms with Crippen LogP contribution in [0.25, 0.3) is 0 Å². The Balaban J connectivity index is 1.68. The van der Waals surface area contributed by atoms with E-state index >= 15 is 0 Å². The zero-order valence-electron chi connectivity index (χ0n) is 14.6. The number of hydrogen-bond acceptors (Lipinski definition) is 5. The second-order valence-electron chi connectivity index (χ2n) is 6.23. The number of nitrogens with two attached hydrogens (primary N) is 1. The van der Waals surface area contributed by atoms with Gasteiger partial charge in [0.1, 0.15) is 5.82 Å². The van der Waals surface area contributed by atoms with E-state index in [2.05, 4.69) is 5.32 Å². The van der Waals surface area contributed by atoms with Crippen LogP contribution in [-0.2, 0) is 16.4 Å². The van der Waals surface area contributed by atoms with E-state index in [4.69, 9.17) is 14.6 Å². The van der Waals surface area contributed by atoms with Crippen molar-refractivity contribution in [1.82, 2.24) is 5.32 Å². The molecule has 1 aliphatic rings. The van der Waals surface area contributed by atoms with Crippen molar-refractivity contribution >= 4 is 15.9 Å². The van der Waals surface area contributed by atoms with Crippen molar-refractivity contribution in [3.05, 3.63) is 53.3 Å². The summed E-state index contributed by atoms with van der Waals surface area (Å²) in [6.07, 6.45) is 0.659. The zero-order valence-corrected chi connectivity index (χ0v) is 15.4. The number of methoxy groups -OCH3 is 1. The van der Waals surface area contributed by atoms with Crippen LogP contribution in [0.3, 0.4) is 0 Å². The van der Waals surface area contributed by atoms with Crippen LogP contribution in [0.2, 0.25) is 0 Å². The molecule has 0 aliphatic carbocycles. The van der Waals surface area contributed by atoms with Gasteiger partial charge in [0.2, 0.25) is 10.0 Å². The van der Waals surface area contributed by atoms with Crippen LogP contribution >= 0.6 is 0 Å². The topological polar surface area (TPSA) is 108 Å². The number of hydrogen-bond donors (Lipinski definition) is 2. The molecule has 0 saturated carbocycles. The average molecular weight is 394 g/mol. The van der Waals surface area contributed by atoms with Gasteiger partial charge in [-0.3, -0.25) is 4.79 Å². The molecule has 0 fully saturated rings. The second-order valence-corrected chi connectivity index (χ2v) is 7.79. The minimum Gasteiger partial charge on any atom is -0.493 e. The fraction of sp³-hybridized carbons (Fsp3) is 0.278. The molecule has 1 aliphatic heterocycles. The number of benzene rings is 2. The molecule has 3 rings (SSSR count). The number of sulfonamides is 1. The van der Waals surface area contributed by atoms with Crippen LogP contribution in [0.1, 0.15) is 15.9 Å². The molecule has 0 bridgehead atoms. The molecule has 2 aromatic rings. The molecule has 0 radical (unpaired) electrons. The van der Waals surface area contributed by atoms with E-state index in [1.165, 1.54) is 0 Å². The Kier molecular flexibility index (Phi) is 5.33. The number of carbonyl (C=O) groups is 1. The molecule has 7 nitrogen and oxygen atoms in total. The van der Waals surface area contributed by atoms with Gasteiger partial charge in [0, 0.05) is 12.5 Å². The van der Waals surface area contributed by atoms with Crippen molar-refractivity contribution in [1.29, 1.82) is 0 Å². The van der Waals surface area contributed by atoms with Crippen molar-refractivity contribution in [2.24, 2.45) is 11.1 Å². The van der Waals surface area contributed by atoms with Gasteiger partial charge in [-0.15, -0.1) is 0 Å². The number of ether oxygens (including phenoxy) is 2. The zero-order chi connectivity index (χ0) is 19.6. The monoisotopic (exact) mass is 394 g/mol. The molecule has 3 N–H and O–H groups in total. The SMILES string of the molecule is COc1cccc2c1OC[C@H](CNC(=O)c1cc(S(N)(=O)=O)ccc1F)C2. The Morgan fingerprint density at radius 3 is 2.85 bits per heavy atom. The van der Waals surface area contributed by atoms with Crippen molar-refractivity contribution in [3.8, 4) is 11.5 Å². The molecule has 9 heteroatoms. The molecule has 0 saturated heterocycles. The van der Waals surface area contributed by atoms with Crippen molar-refractivity contribution < 1.29 is 27.1 Å². The molecule has 27 heavy (non-hydrogen) atoms. The van der Waals surface area contributed by atoms with Gasteiger partial charge in [-0.2, -0.15) is 0 Å². The first-order valence-corrected chi connectivity index (χ1v) is 9.73. The van der Waals surface area contributed by atoms with Gasteiger partial charge in [-0.05, 0) is 36.2 Å². The summed E-state index contributed by atoms with van der Waals surface area (Å²) in [6.45, 7) is 0.613. The lowest BCUT2D eigenvalue weighted by atomic mass is 9.96. The normalized spacial score (nSPS) is 16.2. The number of amides is 1. The lowest BCUT2D eigenvalue weighted by molar-refractivity contribution is 0.0934. The Labute approximate surface area is 156 Å². The van der Waals surface area contributed by atoms with E-state index in [1.807, 2.05) is 18.2 Å². The maximum atomic E-state index is 13.9. The number of para-hydroxylation sites is 1. The smallest absolute Gasteiger partial charge is 0.254 e. The Morgan fingerprint density at radius 1 is 1.37 bits per heavy atom. The number of carbonyl (C=O) groups excluding carboxylic acids is 1. The number of nitrogens with one attached hydrogen (secondary N) is 1. The molecule has 0 aromatic heterocycles. The minimum absolute atomic E-state index is 0.0157. The third kappa shape index (κ3) is 4.20. The van der Waals surface area contributed by atoms with Crippen LogP contribution in [-0.4, -0.2) is 34.6 Å². The van der Waals surface area contributed by atoms with Gasteiger partial charge in [0.25, 0.3) is 5.91 Å². The maximum absolute atomic E-state index is 13.9. The summed E-state index contributed by atoms with van der Waals surface area (Å²) in [5.41, 5.74) is 0.586. The summed E-state index contributed by atoms with van der Waals surface area (Å²) >= 11 is 0. The van der Waals surface area contributed by atoms with Crippen LogP contribution in [0.15, 0.2) is 41.3 Å². The van der Waals surface area contributed by atoms with E-state index in [-0.39, 0.29) is 22.9 Å². The van der Waals surface area contributed by atoms with E-state index < -0.39 is 21.7 Å². The summed E-state index contributed by atoms with van der Waals surface area (Å²) in [4.78, 5) is 12.0. The van der Waals surface area contributed by atoms with Crippen molar-refractivity contribution in [2.45, 2.75) is 11.3 Å². The average Bonchev–Trinajstić information content (AvgIpc) is 2.64. The first kappa shape index (κ1) is 19.1. The van der Waals surface area contributed by atoms with E-state index in [0.29, 0.717) is 24.5 Å². The fourth-order valence-corrected chi connectivity index (χ4v) is 3.48. The molecule has 1 amide bonds. The van der Waals surface area contributed by atoms with Crippen molar-refractivity contribution in [2.75, 3.05) is 20.3 Å². The molecular formula is C18H19FN2O5S. The maximum Gasteiger partial charge on any atom is 0.254 e. The van der Waals surface area contributed by atoms with Gasteiger partial charge in [-0.1, -0.05) is 12.1 Å². The van der Waals surface area contributed by atoms with Gasteiger partial charge < -0.3 is 14.8 Å². The standard InChI is InChI=1S/C18H19FN2O5S/c1-25-16-4-2-3-12-7-11(10-26-17(12)16)9-21-18(22)14-8-13(27(20,23)24)5-6-15(14)19/h2-6,8,11H,7,9-10H2,1H3,(H,21,22)(H2,20,23,24)/t11-/m0/s1. The van der Waals surface area contributed by atoms with E-state index in [0.717, 1.165) is 23.8 Å². The predicted octanol–water partition coefficient (Wildman–Crippen LogP) is 1.46. The molecule has 0 unspecified atom stereocenters. The summed E-state index contributed by atoms with van der Waals surface area (Å²) in [5, 5.41) is 7.65. The largest absolute Gasteiger partial charge is 0.493 e. The predicted molar refractivity (Wildman–Crippen MR) is 95.8 cm³/mol. The minimum atomic E-state index is -4.03. The number of rotatable bonds is 5. The highest BCUT2D eigenvalue weighted by atomic mass is 32.2. The Hall–Kier alpha value is -2.65. The molecular weight excluding hydrogens is 375 g/mol. The van der Waals surface area contributed by atoms with Gasteiger partial charge in [0.05, 0.1) is 24.2 Å². The first-order chi connectivity index (χ1) is 12.8. The highest BCUT2D eigenvalue weighted by molar-refractivity contribution is 7.89. The van der Waals surface area contributed by atoms with Crippen molar-refractivity contribution in [3.63, 3.8) is 0 Å². The number of halogens is 1. The van der Waals surface area contributed by atoms with Gasteiger partial charge in [0.15, 0.2) is 11.5 Å². The number of primary sulfonamides is 1. The molecule has 1 heterocycles. The van der Waals surface area contributed by atoms with E-state index in [1.54, 1.807) is 7.11 Å². The lowest BCUT2D eigenvalue weighted by Crippen LogP contribution is -2.35. The third-order valence-electron chi connectivity index (χ3n) is 4.31. The molecule has 1 atom stereocenters. The van der Waals surface area contributed by atoms with Crippen LogP contribution < -0.4 is 19.9 Å². The van der Waals surface area contributed by atoms with E-state index in [9.17, 15) is 17.6 Å². The van der Waals surface area contributed by atoms with Crippen LogP contribution in [0.5, 0.6) is 11.5 Å². The van der Waals surface area contributed by atoms with Gasteiger partial charge >= 0.3 is 0 Å². The third-order valence-corrected chi connectivity index (χ3v) is 5.23. The first-order valence-electron chi connectivity index (χ1n) is 8.19. The summed E-state index contributed by atoms with van der Waals surface area (Å²) < 4.78 is 47.7. The Bertz CT molecular complexity index is 978. The second kappa shape index (κ2) is 7.53. The summed E-state index contributed by atoms with van der Waals surface area (Å²) in [6, 6.07) is 8.43. The fourth-order valence-electron chi connectivity index (χ4n) is 2.94. The lowest BCUT2D eigenvalue weighted by Gasteiger charge is -2.26. The molecule has 0 spiro atoms. The summed E-state index contributed by atoms with van der Waals surface area (Å²) in [5.74, 6) is -0.214. The summed E-state index contributed by atoms with van der Waals surface area (Å²) in [7, 11) is -2.46. The number of fused-ring (bicyclic) bond motifs is 1. The Morgan fingerprint density at radius 2 is 2.15 bits per heavy atom.